The molecule has 3 heterocycles. The predicted molar refractivity (Wildman–Crippen MR) is 82.7 cm³/mol. The lowest BCUT2D eigenvalue weighted by molar-refractivity contribution is 0.0995. The third kappa shape index (κ3) is 3.26. The van der Waals surface area contributed by atoms with Gasteiger partial charge in [-0.25, -0.2) is 0 Å². The maximum Gasteiger partial charge on any atom is 0.269 e. The van der Waals surface area contributed by atoms with E-state index in [4.69, 9.17) is 10.2 Å². The second kappa shape index (κ2) is 6.49. The highest BCUT2D eigenvalue weighted by molar-refractivity contribution is 5.90. The Kier molecular flexibility index (Phi) is 4.42. The van der Waals surface area contributed by atoms with E-state index in [1.54, 1.807) is 6.07 Å². The van der Waals surface area contributed by atoms with Crippen molar-refractivity contribution in [1.29, 1.82) is 0 Å². The van der Waals surface area contributed by atoms with Crippen LogP contribution in [0.4, 0.5) is 0 Å². The molecule has 0 radical (unpaired) electrons. The highest BCUT2D eigenvalue weighted by Crippen LogP contribution is 2.31. The van der Waals surface area contributed by atoms with Crippen LogP contribution in [0.5, 0.6) is 0 Å². The number of piperidine rings is 1. The number of likely N-dealkylation sites (tertiary alicyclic amines) is 1. The second-order valence-corrected chi connectivity index (χ2v) is 5.97. The molecule has 2 aromatic rings. The Morgan fingerprint density at radius 1 is 1.57 bits per heavy atom. The zero-order valence-electron chi connectivity index (χ0n) is 13.5. The van der Waals surface area contributed by atoms with Crippen LogP contribution >= 0.6 is 0 Å². The van der Waals surface area contributed by atoms with Crippen LogP contribution in [0.2, 0.25) is 0 Å². The zero-order chi connectivity index (χ0) is 16.4. The van der Waals surface area contributed by atoms with Crippen LogP contribution in [0.25, 0.3) is 0 Å². The van der Waals surface area contributed by atoms with E-state index in [0.717, 1.165) is 38.0 Å². The molecule has 124 valence electrons. The van der Waals surface area contributed by atoms with Gasteiger partial charge in [-0.1, -0.05) is 6.92 Å². The minimum Gasteiger partial charge on any atom is -0.424 e. The molecule has 0 spiro atoms. The van der Waals surface area contributed by atoms with E-state index in [1.807, 2.05) is 6.92 Å². The first-order valence-corrected chi connectivity index (χ1v) is 8.00. The molecule has 0 aliphatic carbocycles. The van der Waals surface area contributed by atoms with E-state index in [-0.39, 0.29) is 11.7 Å². The van der Waals surface area contributed by atoms with Gasteiger partial charge in [0, 0.05) is 24.6 Å². The molecule has 3 N–H and O–H groups in total. The van der Waals surface area contributed by atoms with Crippen molar-refractivity contribution in [2.24, 2.45) is 5.73 Å². The maximum absolute atomic E-state index is 11.2. The summed E-state index contributed by atoms with van der Waals surface area (Å²) in [4.78, 5) is 13.5. The molecule has 2 atom stereocenters. The fourth-order valence-corrected chi connectivity index (χ4v) is 3.02. The average molecular weight is 318 g/mol. The molecule has 0 unspecified atom stereocenters. The van der Waals surface area contributed by atoms with Gasteiger partial charge in [0.2, 0.25) is 11.8 Å². The fraction of sp³-hybridized carbons (Fsp3) is 0.600. The lowest BCUT2D eigenvalue weighted by atomic mass is 9.93. The second-order valence-electron chi connectivity index (χ2n) is 5.97. The number of nitrogens with two attached hydrogens (primary N) is 1. The van der Waals surface area contributed by atoms with E-state index in [0.29, 0.717) is 17.7 Å². The van der Waals surface area contributed by atoms with Gasteiger partial charge in [0.25, 0.3) is 5.91 Å². The fourth-order valence-electron chi connectivity index (χ4n) is 3.02. The van der Waals surface area contributed by atoms with Gasteiger partial charge in [0.1, 0.15) is 5.69 Å². The number of aryl methyl sites for hydroxylation is 1. The molecule has 8 heteroatoms. The van der Waals surface area contributed by atoms with Gasteiger partial charge in [-0.15, -0.1) is 10.2 Å². The first kappa shape index (κ1) is 15.7. The van der Waals surface area contributed by atoms with Crippen molar-refractivity contribution in [2.45, 2.75) is 45.1 Å². The summed E-state index contributed by atoms with van der Waals surface area (Å²) in [6.45, 7) is 5.91. The lowest BCUT2D eigenvalue weighted by Crippen LogP contribution is -2.36. The Balaban J connectivity index is 1.70. The molecule has 0 aromatic carbocycles. The van der Waals surface area contributed by atoms with Gasteiger partial charge in [-0.05, 0) is 32.4 Å². The Bertz CT molecular complexity index is 679. The van der Waals surface area contributed by atoms with E-state index < -0.39 is 5.91 Å². The minimum absolute atomic E-state index is 0.0733. The number of nitrogens with one attached hydrogen (secondary N) is 1. The number of rotatable bonds is 5. The minimum atomic E-state index is -0.508. The number of carbonyl (C=O) groups excluding carboxylic acids is 1. The first-order valence-electron chi connectivity index (χ1n) is 8.00. The van der Waals surface area contributed by atoms with Crippen LogP contribution in [0.15, 0.2) is 10.5 Å². The number of H-pyrrole nitrogens is 1. The number of nitrogens with zero attached hydrogens (tertiary/aromatic N) is 4. The van der Waals surface area contributed by atoms with Crippen molar-refractivity contribution in [3.8, 4) is 0 Å². The number of hydrogen-bond donors (Lipinski definition) is 2. The van der Waals surface area contributed by atoms with Crippen LogP contribution in [-0.4, -0.2) is 44.3 Å². The number of carbonyl (C=O) groups is 1. The molecule has 8 nitrogen and oxygen atoms in total. The lowest BCUT2D eigenvalue weighted by Gasteiger charge is -2.34. The van der Waals surface area contributed by atoms with E-state index in [2.05, 4.69) is 32.2 Å². The van der Waals surface area contributed by atoms with Crippen molar-refractivity contribution in [3.63, 3.8) is 0 Å². The summed E-state index contributed by atoms with van der Waals surface area (Å²) in [6, 6.07) is 1.83. The van der Waals surface area contributed by atoms with Gasteiger partial charge in [0.05, 0.1) is 6.04 Å². The molecule has 2 aromatic heterocycles. The molecule has 1 saturated heterocycles. The SMILES string of the molecule is CCc1nnc([C@H](C)N2CCC[C@@H](c3cc(C(N)=O)n[nH]3)C2)o1. The van der Waals surface area contributed by atoms with Gasteiger partial charge < -0.3 is 10.2 Å². The molecule has 1 fully saturated rings. The van der Waals surface area contributed by atoms with Crippen molar-refractivity contribution >= 4 is 5.91 Å². The Morgan fingerprint density at radius 2 is 2.39 bits per heavy atom. The van der Waals surface area contributed by atoms with Crippen molar-refractivity contribution < 1.29 is 9.21 Å². The maximum atomic E-state index is 11.2. The van der Waals surface area contributed by atoms with E-state index >= 15 is 0 Å². The Hall–Kier alpha value is -2.22. The van der Waals surface area contributed by atoms with Gasteiger partial charge in [-0.2, -0.15) is 5.10 Å². The van der Waals surface area contributed by atoms with E-state index in [1.165, 1.54) is 0 Å². The smallest absolute Gasteiger partial charge is 0.269 e. The Labute approximate surface area is 134 Å². The molecule has 0 bridgehead atoms. The third-order valence-corrected chi connectivity index (χ3v) is 4.43. The number of primary amides is 1. The zero-order valence-corrected chi connectivity index (χ0v) is 13.5. The largest absolute Gasteiger partial charge is 0.424 e. The van der Waals surface area contributed by atoms with Crippen molar-refractivity contribution in [2.75, 3.05) is 13.1 Å². The normalized spacial score (nSPS) is 20.5. The van der Waals surface area contributed by atoms with Gasteiger partial charge in [-0.3, -0.25) is 14.8 Å². The highest BCUT2D eigenvalue weighted by atomic mass is 16.4. The van der Waals surface area contributed by atoms with Crippen molar-refractivity contribution in [3.05, 3.63) is 29.2 Å². The number of hydrogen-bond acceptors (Lipinski definition) is 6. The molecule has 1 amide bonds. The monoisotopic (exact) mass is 318 g/mol. The van der Waals surface area contributed by atoms with Crippen LogP contribution < -0.4 is 5.73 Å². The number of amides is 1. The molecule has 1 aliphatic rings. The topological polar surface area (TPSA) is 114 Å². The van der Waals surface area contributed by atoms with E-state index in [9.17, 15) is 4.79 Å². The van der Waals surface area contributed by atoms with Crippen LogP contribution in [-0.2, 0) is 6.42 Å². The predicted octanol–water partition coefficient (Wildman–Crippen LogP) is 1.39. The van der Waals surface area contributed by atoms with Gasteiger partial charge in [0.15, 0.2) is 0 Å². The quantitative estimate of drug-likeness (QED) is 0.861. The Morgan fingerprint density at radius 3 is 3.04 bits per heavy atom. The molecule has 0 saturated carbocycles. The summed E-state index contributed by atoms with van der Waals surface area (Å²) in [5, 5.41) is 15.1. The molecular weight excluding hydrogens is 296 g/mol. The number of aromatic amines is 1. The average Bonchev–Trinajstić information content (AvgIpc) is 3.23. The molecule has 23 heavy (non-hydrogen) atoms. The van der Waals surface area contributed by atoms with Crippen LogP contribution in [0, 0.1) is 0 Å². The molecule has 1 aliphatic heterocycles. The van der Waals surface area contributed by atoms with Gasteiger partial charge >= 0.3 is 0 Å². The summed E-state index contributed by atoms with van der Waals surface area (Å²) in [5.74, 6) is 1.11. The summed E-state index contributed by atoms with van der Waals surface area (Å²) >= 11 is 0. The molecule has 3 rings (SSSR count). The third-order valence-electron chi connectivity index (χ3n) is 4.43. The summed E-state index contributed by atoms with van der Waals surface area (Å²) < 4.78 is 5.68. The summed E-state index contributed by atoms with van der Waals surface area (Å²) in [7, 11) is 0. The summed E-state index contributed by atoms with van der Waals surface area (Å²) in [5.41, 5.74) is 6.51. The standard InChI is InChI=1S/C15H22N6O2/c1-3-13-19-20-15(23-13)9(2)21-6-4-5-10(8-21)11-7-12(14(16)22)18-17-11/h7,9-10H,3-6,8H2,1-2H3,(H2,16,22)(H,17,18)/t9-,10+/m0/s1. The summed E-state index contributed by atoms with van der Waals surface area (Å²) in [6.07, 6.45) is 2.86. The highest BCUT2D eigenvalue weighted by Gasteiger charge is 2.29. The molecular formula is C15H22N6O2. The first-order chi connectivity index (χ1) is 11.1. The van der Waals surface area contributed by atoms with Crippen molar-refractivity contribution in [1.82, 2.24) is 25.3 Å². The van der Waals surface area contributed by atoms with Crippen LogP contribution in [0.1, 0.15) is 66.6 Å². The van der Waals surface area contributed by atoms with Crippen LogP contribution in [0.3, 0.4) is 0 Å². The number of aromatic nitrogens is 4.